The standard InChI is InChI=1S/C19H15N5O2/c1-12(19-23-17(24-26-19)14-8-10-20-11-9-14)21-18(25)16-7-6-13-4-2-3-5-15(13)22-16/h2-12H,1H3,(H,21,25)/t12-/m1/s1. The number of aromatic nitrogens is 4. The van der Waals surface area contributed by atoms with Gasteiger partial charge in [-0.3, -0.25) is 9.78 Å². The largest absolute Gasteiger partial charge is 0.339 e. The number of rotatable bonds is 4. The number of nitrogens with one attached hydrogen (secondary N) is 1. The fourth-order valence-electron chi connectivity index (χ4n) is 2.55. The quantitative estimate of drug-likeness (QED) is 0.610. The molecule has 0 aliphatic carbocycles. The highest BCUT2D eigenvalue weighted by Gasteiger charge is 2.19. The van der Waals surface area contributed by atoms with Crippen LogP contribution in [-0.4, -0.2) is 26.0 Å². The van der Waals surface area contributed by atoms with E-state index in [-0.39, 0.29) is 5.91 Å². The molecule has 0 saturated heterocycles. The van der Waals surface area contributed by atoms with E-state index in [9.17, 15) is 4.79 Å². The maximum absolute atomic E-state index is 12.5. The Hall–Kier alpha value is -3.61. The molecule has 0 unspecified atom stereocenters. The zero-order valence-corrected chi connectivity index (χ0v) is 14.0. The van der Waals surface area contributed by atoms with Gasteiger partial charge in [-0.2, -0.15) is 4.98 Å². The predicted octanol–water partition coefficient (Wildman–Crippen LogP) is 3.17. The molecule has 3 heterocycles. The molecule has 7 nitrogen and oxygen atoms in total. The number of carbonyl (C=O) groups is 1. The molecule has 3 aromatic heterocycles. The average molecular weight is 345 g/mol. The molecule has 1 atom stereocenters. The van der Waals surface area contributed by atoms with Crippen LogP contribution in [0.5, 0.6) is 0 Å². The van der Waals surface area contributed by atoms with Crippen LogP contribution in [0.15, 0.2) is 65.4 Å². The lowest BCUT2D eigenvalue weighted by molar-refractivity contribution is 0.0928. The summed E-state index contributed by atoms with van der Waals surface area (Å²) in [6.07, 6.45) is 3.31. The normalized spacial score (nSPS) is 12.0. The van der Waals surface area contributed by atoms with Gasteiger partial charge < -0.3 is 9.84 Å². The first-order valence-corrected chi connectivity index (χ1v) is 8.11. The first-order valence-electron chi connectivity index (χ1n) is 8.11. The Morgan fingerprint density at radius 1 is 1.04 bits per heavy atom. The Morgan fingerprint density at radius 3 is 2.69 bits per heavy atom. The van der Waals surface area contributed by atoms with Gasteiger partial charge in [0.05, 0.1) is 5.52 Å². The summed E-state index contributed by atoms with van der Waals surface area (Å²) in [6.45, 7) is 1.78. The fraction of sp³-hybridized carbons (Fsp3) is 0.105. The van der Waals surface area contributed by atoms with Crippen molar-refractivity contribution in [1.29, 1.82) is 0 Å². The van der Waals surface area contributed by atoms with Crippen LogP contribution in [0.2, 0.25) is 0 Å². The van der Waals surface area contributed by atoms with Gasteiger partial charge in [-0.1, -0.05) is 29.4 Å². The van der Waals surface area contributed by atoms with Crippen LogP contribution < -0.4 is 5.32 Å². The number of amides is 1. The first kappa shape index (κ1) is 15.9. The molecule has 0 radical (unpaired) electrons. The Labute approximate surface area is 149 Å². The summed E-state index contributed by atoms with van der Waals surface area (Å²) in [5.41, 5.74) is 1.90. The minimum Gasteiger partial charge on any atom is -0.339 e. The van der Waals surface area contributed by atoms with E-state index in [4.69, 9.17) is 4.52 Å². The molecule has 4 rings (SSSR count). The van der Waals surface area contributed by atoms with E-state index in [1.807, 2.05) is 30.3 Å². The van der Waals surface area contributed by atoms with Crippen molar-refractivity contribution in [2.75, 3.05) is 0 Å². The molecule has 4 aromatic rings. The summed E-state index contributed by atoms with van der Waals surface area (Å²) in [5.74, 6) is 0.477. The number of carbonyl (C=O) groups excluding carboxylic acids is 1. The SMILES string of the molecule is C[C@@H](NC(=O)c1ccc2ccccc2n1)c1nc(-c2ccncc2)no1. The van der Waals surface area contributed by atoms with E-state index in [0.717, 1.165) is 16.5 Å². The summed E-state index contributed by atoms with van der Waals surface area (Å²) in [6, 6.07) is 14.3. The van der Waals surface area contributed by atoms with Crippen LogP contribution in [0.4, 0.5) is 0 Å². The van der Waals surface area contributed by atoms with Gasteiger partial charge >= 0.3 is 0 Å². The third-order valence-corrected chi connectivity index (χ3v) is 3.93. The Morgan fingerprint density at radius 2 is 1.85 bits per heavy atom. The maximum atomic E-state index is 12.5. The fourth-order valence-corrected chi connectivity index (χ4v) is 2.55. The number of fused-ring (bicyclic) bond motifs is 1. The van der Waals surface area contributed by atoms with E-state index >= 15 is 0 Å². The van der Waals surface area contributed by atoms with Crippen molar-refractivity contribution in [1.82, 2.24) is 25.4 Å². The predicted molar refractivity (Wildman–Crippen MR) is 95.2 cm³/mol. The van der Waals surface area contributed by atoms with Crippen LogP contribution in [-0.2, 0) is 0 Å². The van der Waals surface area contributed by atoms with Gasteiger partial charge in [-0.15, -0.1) is 0 Å². The molecule has 0 saturated carbocycles. The van der Waals surface area contributed by atoms with Gasteiger partial charge in [0, 0.05) is 23.3 Å². The average Bonchev–Trinajstić information content (AvgIpc) is 3.18. The summed E-state index contributed by atoms with van der Waals surface area (Å²) in [5, 5.41) is 7.76. The summed E-state index contributed by atoms with van der Waals surface area (Å²) < 4.78 is 5.27. The highest BCUT2D eigenvalue weighted by atomic mass is 16.5. The van der Waals surface area contributed by atoms with Crippen molar-refractivity contribution in [3.05, 3.63) is 72.5 Å². The number of pyridine rings is 2. The molecular formula is C19H15N5O2. The number of para-hydroxylation sites is 1. The third kappa shape index (κ3) is 3.14. The van der Waals surface area contributed by atoms with Crippen LogP contribution in [0.1, 0.15) is 29.3 Å². The second kappa shape index (κ2) is 6.72. The van der Waals surface area contributed by atoms with Gasteiger partial charge in [0.1, 0.15) is 11.7 Å². The van der Waals surface area contributed by atoms with E-state index in [1.54, 1.807) is 37.5 Å². The second-order valence-corrected chi connectivity index (χ2v) is 5.78. The van der Waals surface area contributed by atoms with Gasteiger partial charge in [0.2, 0.25) is 11.7 Å². The molecule has 1 aromatic carbocycles. The van der Waals surface area contributed by atoms with Gasteiger partial charge in [0.25, 0.3) is 5.91 Å². The summed E-state index contributed by atoms with van der Waals surface area (Å²) >= 11 is 0. The van der Waals surface area contributed by atoms with Crippen molar-refractivity contribution in [3.63, 3.8) is 0 Å². The van der Waals surface area contributed by atoms with Gasteiger partial charge in [-0.25, -0.2) is 4.98 Å². The van der Waals surface area contributed by atoms with Crippen molar-refractivity contribution < 1.29 is 9.32 Å². The van der Waals surface area contributed by atoms with Crippen molar-refractivity contribution in [2.24, 2.45) is 0 Å². The van der Waals surface area contributed by atoms with Gasteiger partial charge in [-0.05, 0) is 31.2 Å². The molecule has 0 spiro atoms. The molecule has 0 fully saturated rings. The molecule has 26 heavy (non-hydrogen) atoms. The van der Waals surface area contributed by atoms with E-state index in [2.05, 4.69) is 25.4 Å². The van der Waals surface area contributed by atoms with E-state index in [0.29, 0.717) is 17.4 Å². The lowest BCUT2D eigenvalue weighted by Crippen LogP contribution is -2.27. The lowest BCUT2D eigenvalue weighted by atomic mass is 10.2. The van der Waals surface area contributed by atoms with Crippen molar-refractivity contribution in [2.45, 2.75) is 13.0 Å². The maximum Gasteiger partial charge on any atom is 0.270 e. The molecule has 1 amide bonds. The Balaban J connectivity index is 1.51. The molecule has 0 bridgehead atoms. The zero-order valence-electron chi connectivity index (χ0n) is 14.0. The van der Waals surface area contributed by atoms with E-state index < -0.39 is 6.04 Å². The minimum absolute atomic E-state index is 0.299. The third-order valence-electron chi connectivity index (χ3n) is 3.93. The molecular weight excluding hydrogens is 330 g/mol. The van der Waals surface area contributed by atoms with Crippen LogP contribution in [0, 0.1) is 0 Å². The number of hydrogen-bond acceptors (Lipinski definition) is 6. The van der Waals surface area contributed by atoms with Crippen molar-refractivity contribution >= 4 is 16.8 Å². The monoisotopic (exact) mass is 345 g/mol. The van der Waals surface area contributed by atoms with Crippen LogP contribution in [0.3, 0.4) is 0 Å². The van der Waals surface area contributed by atoms with Crippen LogP contribution >= 0.6 is 0 Å². The topological polar surface area (TPSA) is 93.8 Å². The van der Waals surface area contributed by atoms with E-state index in [1.165, 1.54) is 0 Å². The number of hydrogen-bond donors (Lipinski definition) is 1. The minimum atomic E-state index is -0.446. The lowest BCUT2D eigenvalue weighted by Gasteiger charge is -2.09. The molecule has 128 valence electrons. The van der Waals surface area contributed by atoms with Gasteiger partial charge in [0.15, 0.2) is 0 Å². The first-order chi connectivity index (χ1) is 12.7. The highest BCUT2D eigenvalue weighted by Crippen LogP contribution is 2.18. The van der Waals surface area contributed by atoms with Crippen molar-refractivity contribution in [3.8, 4) is 11.4 Å². The Bertz CT molecular complexity index is 1060. The number of benzene rings is 1. The molecule has 0 aliphatic heterocycles. The molecule has 0 aliphatic rings. The molecule has 1 N–H and O–H groups in total. The smallest absolute Gasteiger partial charge is 0.270 e. The number of nitrogens with zero attached hydrogens (tertiary/aromatic N) is 4. The summed E-state index contributed by atoms with van der Waals surface area (Å²) in [7, 11) is 0. The Kier molecular flexibility index (Phi) is 4.10. The molecule has 7 heteroatoms. The highest BCUT2D eigenvalue weighted by molar-refractivity contribution is 5.95. The second-order valence-electron chi connectivity index (χ2n) is 5.78. The summed E-state index contributed by atoms with van der Waals surface area (Å²) in [4.78, 5) is 25.2. The zero-order chi connectivity index (χ0) is 17.9. The van der Waals surface area contributed by atoms with Crippen LogP contribution in [0.25, 0.3) is 22.3 Å².